The van der Waals surface area contributed by atoms with E-state index in [9.17, 15) is 14.7 Å². The monoisotopic (exact) mass is 411 g/mol. The van der Waals surface area contributed by atoms with Crippen LogP contribution in [-0.2, 0) is 7.05 Å². The van der Waals surface area contributed by atoms with Crippen LogP contribution in [0.2, 0.25) is 0 Å². The largest absolute Gasteiger partial charge is 1.00 e. The van der Waals surface area contributed by atoms with Crippen LogP contribution < -0.4 is 62.1 Å². The predicted octanol–water partition coefficient (Wildman–Crippen LogP) is -0.593. The number of carboxylic acids is 1. The van der Waals surface area contributed by atoms with E-state index in [0.717, 1.165) is 51.5 Å². The number of aromatic nitrogens is 3. The van der Waals surface area contributed by atoms with Crippen molar-refractivity contribution in [2.45, 2.75) is 25.7 Å². The normalized spacial score (nSPS) is 13.6. The molecule has 0 N–H and O–H groups in total. The van der Waals surface area contributed by atoms with Gasteiger partial charge in [-0.15, -0.1) is 0 Å². The summed E-state index contributed by atoms with van der Waals surface area (Å²) in [5, 5.41) is 16.8. The fraction of sp³-hybridized carbons (Fsp3) is 0.227. The summed E-state index contributed by atoms with van der Waals surface area (Å²) in [5.41, 5.74) is 4.99. The van der Waals surface area contributed by atoms with E-state index >= 15 is 0 Å². The van der Waals surface area contributed by atoms with Gasteiger partial charge in [0.1, 0.15) is 0 Å². The summed E-state index contributed by atoms with van der Waals surface area (Å²) in [5.74, 6) is -1.13. The Morgan fingerprint density at radius 3 is 2.66 bits per heavy atom. The number of pyridine rings is 2. The van der Waals surface area contributed by atoms with E-state index in [4.69, 9.17) is 0 Å². The second kappa shape index (κ2) is 7.48. The van der Waals surface area contributed by atoms with Gasteiger partial charge in [-0.25, -0.2) is 0 Å². The van der Waals surface area contributed by atoms with E-state index in [0.29, 0.717) is 5.92 Å². The van der Waals surface area contributed by atoms with Crippen molar-refractivity contribution < 1.29 is 61.3 Å². The summed E-state index contributed by atoms with van der Waals surface area (Å²) in [4.78, 5) is 24.1. The molecule has 6 nitrogen and oxygen atoms in total. The zero-order chi connectivity index (χ0) is 19.6. The molecule has 0 aliphatic heterocycles. The van der Waals surface area contributed by atoms with Gasteiger partial charge in [-0.2, -0.15) is 5.10 Å². The molecule has 140 valence electrons. The van der Waals surface area contributed by atoms with E-state index in [1.807, 2.05) is 43.0 Å². The first-order valence-corrected chi connectivity index (χ1v) is 9.28. The van der Waals surface area contributed by atoms with Gasteiger partial charge in [0.2, 0.25) is 0 Å². The number of hydrogen-bond donors (Lipinski definition) is 0. The van der Waals surface area contributed by atoms with Crippen molar-refractivity contribution in [3.8, 4) is 11.1 Å². The molecule has 3 heterocycles. The summed E-state index contributed by atoms with van der Waals surface area (Å²) >= 11 is 0. The maximum atomic E-state index is 12.7. The third-order valence-electron chi connectivity index (χ3n) is 5.71. The quantitative estimate of drug-likeness (QED) is 0.422. The van der Waals surface area contributed by atoms with Crippen molar-refractivity contribution in [1.29, 1.82) is 0 Å². The summed E-state index contributed by atoms with van der Waals surface area (Å²) in [6.45, 7) is 1.99. The van der Waals surface area contributed by atoms with E-state index in [-0.39, 0.29) is 56.9 Å². The van der Waals surface area contributed by atoms with Gasteiger partial charge in [-0.05, 0) is 72.2 Å². The molecule has 1 aliphatic carbocycles. The van der Waals surface area contributed by atoms with Crippen LogP contribution in [0.3, 0.4) is 0 Å². The smallest absolute Gasteiger partial charge is 0.545 e. The summed E-state index contributed by atoms with van der Waals surface area (Å²) in [7, 11) is 1.91. The van der Waals surface area contributed by atoms with Gasteiger partial charge in [-0.3, -0.25) is 13.9 Å². The number of aromatic carboxylic acids is 1. The molecule has 0 bridgehead atoms. The SMILES string of the molecule is Cc1c(-c2ccc3c(cnn3C)c2)ccn2c(=O)c(C(=O)[O-])cc(C3CC3)c12.[K+]. The molecule has 3 aromatic heterocycles. The predicted molar refractivity (Wildman–Crippen MR) is 104 cm³/mol. The summed E-state index contributed by atoms with van der Waals surface area (Å²) in [6.07, 6.45) is 5.52. The van der Waals surface area contributed by atoms with Crippen LogP contribution in [0.15, 0.2) is 47.5 Å². The van der Waals surface area contributed by atoms with Gasteiger partial charge >= 0.3 is 51.4 Å². The molecule has 0 amide bonds. The van der Waals surface area contributed by atoms with Gasteiger partial charge in [0.05, 0.1) is 28.8 Å². The Balaban J connectivity index is 0.00000205. The minimum absolute atomic E-state index is 0. The second-order valence-electron chi connectivity index (χ2n) is 7.50. The van der Waals surface area contributed by atoms with Gasteiger partial charge in [-0.1, -0.05) is 6.07 Å². The molecule has 0 unspecified atom stereocenters. The van der Waals surface area contributed by atoms with Crippen molar-refractivity contribution in [2.24, 2.45) is 7.05 Å². The Morgan fingerprint density at radius 2 is 1.97 bits per heavy atom. The Morgan fingerprint density at radius 1 is 1.21 bits per heavy atom. The molecular weight excluding hydrogens is 393 g/mol. The molecule has 1 aromatic carbocycles. The maximum Gasteiger partial charge on any atom is 1.00 e. The third kappa shape index (κ3) is 3.31. The minimum atomic E-state index is -1.43. The van der Waals surface area contributed by atoms with E-state index in [2.05, 4.69) is 11.2 Å². The van der Waals surface area contributed by atoms with Crippen LogP contribution in [-0.4, -0.2) is 20.2 Å². The van der Waals surface area contributed by atoms with E-state index < -0.39 is 11.5 Å². The van der Waals surface area contributed by atoms with Crippen molar-refractivity contribution in [2.75, 3.05) is 0 Å². The molecule has 1 saturated carbocycles. The molecule has 7 heteroatoms. The number of nitrogens with zero attached hydrogens (tertiary/aromatic N) is 3. The number of carboxylic acid groups (broad SMARTS) is 1. The van der Waals surface area contributed by atoms with Crippen LogP contribution in [0.5, 0.6) is 0 Å². The molecule has 5 rings (SSSR count). The Hall–Kier alpha value is -1.77. The molecular formula is C22H18KN3O3. The summed E-state index contributed by atoms with van der Waals surface area (Å²) < 4.78 is 3.29. The molecule has 1 aliphatic rings. The Kier molecular flexibility index (Phi) is 5.29. The number of rotatable bonds is 3. The molecule has 29 heavy (non-hydrogen) atoms. The molecule has 0 saturated heterocycles. The number of benzene rings is 1. The van der Waals surface area contributed by atoms with E-state index in [1.54, 1.807) is 6.20 Å². The van der Waals surface area contributed by atoms with Crippen LogP contribution >= 0.6 is 0 Å². The number of carbonyl (C=O) groups excluding carboxylic acids is 1. The van der Waals surface area contributed by atoms with Crippen LogP contribution in [0.25, 0.3) is 27.5 Å². The fourth-order valence-electron chi connectivity index (χ4n) is 4.09. The standard InChI is InChI=1S/C22H19N3O3.K/c1-12-16(14-5-6-19-15(9-14)11-23-24(19)2)7-8-25-20(12)17(13-3-4-13)10-18(21(25)26)22(27)28;/h5-11,13H,3-4H2,1-2H3,(H,27,28);/q;+1/p-1. The first kappa shape index (κ1) is 20.5. The van der Waals surface area contributed by atoms with Crippen LogP contribution in [0, 0.1) is 6.92 Å². The number of carbonyl (C=O) groups is 1. The fourth-order valence-corrected chi connectivity index (χ4v) is 4.09. The first-order valence-electron chi connectivity index (χ1n) is 9.28. The van der Waals surface area contributed by atoms with Crippen molar-refractivity contribution in [1.82, 2.24) is 14.2 Å². The topological polar surface area (TPSA) is 79.4 Å². The number of fused-ring (bicyclic) bond motifs is 2. The first-order chi connectivity index (χ1) is 13.5. The van der Waals surface area contributed by atoms with Gasteiger partial charge in [0, 0.05) is 18.6 Å². The number of hydrogen-bond acceptors (Lipinski definition) is 4. The van der Waals surface area contributed by atoms with Crippen molar-refractivity contribution in [3.63, 3.8) is 0 Å². The van der Waals surface area contributed by atoms with Crippen LogP contribution in [0.4, 0.5) is 0 Å². The van der Waals surface area contributed by atoms with Crippen molar-refractivity contribution in [3.05, 3.63) is 69.8 Å². The summed E-state index contributed by atoms with van der Waals surface area (Å²) in [6, 6.07) is 9.57. The average molecular weight is 412 g/mol. The second-order valence-corrected chi connectivity index (χ2v) is 7.50. The van der Waals surface area contributed by atoms with E-state index in [1.165, 1.54) is 10.5 Å². The molecule has 4 aromatic rings. The molecule has 1 fully saturated rings. The third-order valence-corrected chi connectivity index (χ3v) is 5.71. The minimum Gasteiger partial charge on any atom is -0.545 e. The van der Waals surface area contributed by atoms with Gasteiger partial charge < -0.3 is 9.90 Å². The average Bonchev–Trinajstić information content (AvgIpc) is 3.45. The zero-order valence-corrected chi connectivity index (χ0v) is 19.7. The zero-order valence-electron chi connectivity index (χ0n) is 16.6. The molecule has 0 atom stereocenters. The van der Waals surface area contributed by atoms with Crippen LogP contribution in [0.1, 0.15) is 40.2 Å². The Bertz CT molecular complexity index is 1350. The van der Waals surface area contributed by atoms with Crippen molar-refractivity contribution >= 4 is 22.4 Å². The molecule has 0 spiro atoms. The maximum absolute atomic E-state index is 12.7. The number of aryl methyl sites for hydroxylation is 2. The van der Waals surface area contributed by atoms with Gasteiger partial charge in [0.25, 0.3) is 5.56 Å². The van der Waals surface area contributed by atoms with Gasteiger partial charge in [0.15, 0.2) is 0 Å². The molecule has 0 radical (unpaired) electrons. The Labute approximate surface area is 209 Å².